The van der Waals surface area contributed by atoms with Gasteiger partial charge < -0.3 is 18.3 Å². The van der Waals surface area contributed by atoms with E-state index in [4.69, 9.17) is 13.4 Å². The maximum atomic E-state index is 12.3. The molecule has 0 saturated carbocycles. The molecule has 1 saturated heterocycles. The second-order valence-electron chi connectivity index (χ2n) is 5.18. The fourth-order valence-corrected chi connectivity index (χ4v) is 2.63. The molecule has 0 aromatic carbocycles. The van der Waals surface area contributed by atoms with E-state index < -0.39 is 0 Å². The molecule has 0 spiro atoms. The minimum Gasteiger partial charge on any atom is -0.472 e. The van der Waals surface area contributed by atoms with E-state index in [9.17, 15) is 4.79 Å². The SMILES string of the molecule is O=C(c1ccoc1)N1CC[C@H](c2noc(-c3ccco3)n2)C1. The molecule has 112 valence electrons. The molecular formula is C15H13N3O4. The monoisotopic (exact) mass is 299 g/mol. The standard InChI is InChI=1S/C15H13N3O4/c19-15(11-4-7-20-9-11)18-5-3-10(8-18)13-16-14(22-17-13)12-2-1-6-21-12/h1-2,4,6-7,9-10H,3,5,8H2/t10-/m0/s1. The van der Waals surface area contributed by atoms with E-state index in [-0.39, 0.29) is 11.8 Å². The van der Waals surface area contributed by atoms with Crippen molar-refractivity contribution in [2.75, 3.05) is 13.1 Å². The molecule has 0 bridgehead atoms. The lowest BCUT2D eigenvalue weighted by atomic mass is 10.1. The van der Waals surface area contributed by atoms with E-state index in [1.807, 2.05) is 0 Å². The van der Waals surface area contributed by atoms with Gasteiger partial charge in [0.25, 0.3) is 11.8 Å². The number of amides is 1. The molecule has 1 aliphatic rings. The van der Waals surface area contributed by atoms with E-state index in [0.717, 1.165) is 6.42 Å². The van der Waals surface area contributed by atoms with Gasteiger partial charge in [-0.3, -0.25) is 4.79 Å². The minimum atomic E-state index is -0.0361. The number of rotatable bonds is 3. The zero-order valence-electron chi connectivity index (χ0n) is 11.6. The van der Waals surface area contributed by atoms with Gasteiger partial charge in [0, 0.05) is 19.0 Å². The van der Waals surface area contributed by atoms with Gasteiger partial charge in [-0.15, -0.1) is 0 Å². The fraction of sp³-hybridized carbons (Fsp3) is 0.267. The van der Waals surface area contributed by atoms with Crippen LogP contribution in [0.5, 0.6) is 0 Å². The van der Waals surface area contributed by atoms with Crippen molar-refractivity contribution in [1.82, 2.24) is 15.0 Å². The van der Waals surface area contributed by atoms with Crippen molar-refractivity contribution in [2.45, 2.75) is 12.3 Å². The van der Waals surface area contributed by atoms with Gasteiger partial charge in [-0.25, -0.2) is 0 Å². The summed E-state index contributed by atoms with van der Waals surface area (Å²) in [4.78, 5) is 18.4. The van der Waals surface area contributed by atoms with E-state index in [1.54, 1.807) is 29.4 Å². The van der Waals surface area contributed by atoms with Crippen LogP contribution in [0.4, 0.5) is 0 Å². The van der Waals surface area contributed by atoms with Crippen molar-refractivity contribution in [1.29, 1.82) is 0 Å². The highest BCUT2D eigenvalue weighted by Gasteiger charge is 2.31. The van der Waals surface area contributed by atoms with Crippen molar-refractivity contribution >= 4 is 5.91 Å². The average Bonchev–Trinajstić information content (AvgIpc) is 3.35. The Labute approximate surface area is 125 Å². The third-order valence-electron chi connectivity index (χ3n) is 3.78. The third-order valence-corrected chi connectivity index (χ3v) is 3.78. The van der Waals surface area contributed by atoms with Crippen LogP contribution >= 0.6 is 0 Å². The van der Waals surface area contributed by atoms with Crippen molar-refractivity contribution in [3.63, 3.8) is 0 Å². The molecule has 1 atom stereocenters. The predicted molar refractivity (Wildman–Crippen MR) is 74.0 cm³/mol. The van der Waals surface area contributed by atoms with Crippen LogP contribution in [0.1, 0.15) is 28.5 Å². The summed E-state index contributed by atoms with van der Waals surface area (Å²) in [7, 11) is 0. The molecule has 7 nitrogen and oxygen atoms in total. The number of furan rings is 2. The Morgan fingerprint density at radius 3 is 3.05 bits per heavy atom. The molecule has 3 aromatic rings. The van der Waals surface area contributed by atoms with Gasteiger partial charge in [0.2, 0.25) is 0 Å². The maximum Gasteiger partial charge on any atom is 0.293 e. The molecule has 22 heavy (non-hydrogen) atoms. The zero-order chi connectivity index (χ0) is 14.9. The molecule has 4 heterocycles. The lowest BCUT2D eigenvalue weighted by Gasteiger charge is -2.14. The molecule has 0 radical (unpaired) electrons. The van der Waals surface area contributed by atoms with Gasteiger partial charge >= 0.3 is 0 Å². The van der Waals surface area contributed by atoms with Crippen LogP contribution in [0.25, 0.3) is 11.7 Å². The first kappa shape index (κ1) is 12.9. The topological polar surface area (TPSA) is 85.5 Å². The quantitative estimate of drug-likeness (QED) is 0.738. The number of aromatic nitrogens is 2. The van der Waals surface area contributed by atoms with E-state index in [1.165, 1.54) is 12.5 Å². The van der Waals surface area contributed by atoms with E-state index in [2.05, 4.69) is 10.1 Å². The number of carbonyl (C=O) groups excluding carboxylic acids is 1. The number of nitrogens with zero attached hydrogens (tertiary/aromatic N) is 3. The summed E-state index contributed by atoms with van der Waals surface area (Å²) in [6.07, 6.45) is 5.31. The molecule has 1 aliphatic heterocycles. The molecule has 1 amide bonds. The van der Waals surface area contributed by atoms with Gasteiger partial charge in [-0.05, 0) is 24.6 Å². The smallest absolute Gasteiger partial charge is 0.293 e. The van der Waals surface area contributed by atoms with Crippen LogP contribution in [0, 0.1) is 0 Å². The second kappa shape index (κ2) is 5.18. The lowest BCUT2D eigenvalue weighted by Crippen LogP contribution is -2.28. The first-order chi connectivity index (χ1) is 10.8. The Kier molecular flexibility index (Phi) is 3.03. The molecule has 1 fully saturated rings. The number of carbonyl (C=O) groups is 1. The molecule has 0 N–H and O–H groups in total. The normalized spacial score (nSPS) is 18.0. The van der Waals surface area contributed by atoms with Gasteiger partial charge in [0.05, 0.1) is 18.1 Å². The van der Waals surface area contributed by atoms with Crippen LogP contribution < -0.4 is 0 Å². The second-order valence-corrected chi connectivity index (χ2v) is 5.18. The van der Waals surface area contributed by atoms with Crippen LogP contribution in [-0.2, 0) is 0 Å². The first-order valence-corrected chi connectivity index (χ1v) is 7.00. The van der Waals surface area contributed by atoms with E-state index in [0.29, 0.717) is 36.1 Å². The summed E-state index contributed by atoms with van der Waals surface area (Å²) in [5.41, 5.74) is 0.560. The largest absolute Gasteiger partial charge is 0.472 e. The highest BCUT2D eigenvalue weighted by Crippen LogP contribution is 2.28. The number of hydrogen-bond acceptors (Lipinski definition) is 6. The number of likely N-dealkylation sites (tertiary alicyclic amines) is 1. The summed E-state index contributed by atoms with van der Waals surface area (Å²) in [5.74, 6) is 1.55. The van der Waals surface area contributed by atoms with Crippen molar-refractivity contribution in [2.24, 2.45) is 0 Å². The maximum absolute atomic E-state index is 12.3. The van der Waals surface area contributed by atoms with Crippen LogP contribution in [0.2, 0.25) is 0 Å². The Morgan fingerprint density at radius 2 is 2.27 bits per heavy atom. The van der Waals surface area contributed by atoms with Crippen molar-refractivity contribution in [3.8, 4) is 11.7 Å². The van der Waals surface area contributed by atoms with Crippen molar-refractivity contribution < 1.29 is 18.2 Å². The summed E-state index contributed by atoms with van der Waals surface area (Å²) in [6, 6.07) is 5.19. The highest BCUT2D eigenvalue weighted by molar-refractivity contribution is 5.94. The van der Waals surface area contributed by atoms with Crippen LogP contribution in [0.3, 0.4) is 0 Å². The molecule has 0 unspecified atom stereocenters. The zero-order valence-corrected chi connectivity index (χ0v) is 11.6. The average molecular weight is 299 g/mol. The lowest BCUT2D eigenvalue weighted by molar-refractivity contribution is 0.0789. The van der Waals surface area contributed by atoms with Crippen LogP contribution in [0.15, 0.2) is 50.3 Å². The third kappa shape index (κ3) is 2.20. The molecule has 3 aromatic heterocycles. The summed E-state index contributed by atoms with van der Waals surface area (Å²) in [6.45, 7) is 1.24. The Balaban J connectivity index is 1.48. The van der Waals surface area contributed by atoms with Gasteiger partial charge in [0.15, 0.2) is 11.6 Å². The predicted octanol–water partition coefficient (Wildman–Crippen LogP) is 2.55. The Bertz CT molecular complexity index is 761. The van der Waals surface area contributed by atoms with Gasteiger partial charge in [0.1, 0.15) is 6.26 Å². The Hall–Kier alpha value is -2.83. The summed E-state index contributed by atoms with van der Waals surface area (Å²) in [5, 5.41) is 4.01. The highest BCUT2D eigenvalue weighted by atomic mass is 16.5. The van der Waals surface area contributed by atoms with Gasteiger partial charge in [-0.1, -0.05) is 5.16 Å². The number of hydrogen-bond donors (Lipinski definition) is 0. The Morgan fingerprint density at radius 1 is 1.32 bits per heavy atom. The molecule has 0 aliphatic carbocycles. The first-order valence-electron chi connectivity index (χ1n) is 7.00. The molecule has 7 heteroatoms. The molecular weight excluding hydrogens is 286 g/mol. The van der Waals surface area contributed by atoms with Crippen molar-refractivity contribution in [3.05, 3.63) is 48.4 Å². The summed E-state index contributed by atoms with van der Waals surface area (Å²) < 4.78 is 15.4. The fourth-order valence-electron chi connectivity index (χ4n) is 2.63. The minimum absolute atomic E-state index is 0.0361. The van der Waals surface area contributed by atoms with E-state index >= 15 is 0 Å². The summed E-state index contributed by atoms with van der Waals surface area (Å²) >= 11 is 0. The molecule has 4 rings (SSSR count). The van der Waals surface area contributed by atoms with Gasteiger partial charge in [-0.2, -0.15) is 4.98 Å². The van der Waals surface area contributed by atoms with Crippen LogP contribution in [-0.4, -0.2) is 34.0 Å².